The van der Waals surface area contributed by atoms with Gasteiger partial charge >= 0.3 is 0 Å². The van der Waals surface area contributed by atoms with Crippen LogP contribution in [0.3, 0.4) is 0 Å². The molecule has 0 saturated heterocycles. The summed E-state index contributed by atoms with van der Waals surface area (Å²) in [6.45, 7) is 2.05. The highest BCUT2D eigenvalue weighted by Gasteiger charge is 2.39. The maximum atomic E-state index is 13.5. The fraction of sp³-hybridized carbons (Fsp3) is 0.200. The normalized spacial score (nSPS) is 18.8. The van der Waals surface area contributed by atoms with Gasteiger partial charge in [0, 0.05) is 23.0 Å². The summed E-state index contributed by atoms with van der Waals surface area (Å²) < 4.78 is 26.7. The second kappa shape index (κ2) is 6.13. The van der Waals surface area contributed by atoms with E-state index < -0.39 is 11.6 Å². The van der Waals surface area contributed by atoms with Gasteiger partial charge in [-0.1, -0.05) is 6.07 Å². The molecule has 0 amide bonds. The van der Waals surface area contributed by atoms with E-state index >= 15 is 0 Å². The molecule has 0 unspecified atom stereocenters. The quantitative estimate of drug-likeness (QED) is 0.507. The van der Waals surface area contributed by atoms with Crippen molar-refractivity contribution in [2.24, 2.45) is 0 Å². The topological polar surface area (TPSA) is 53.6 Å². The van der Waals surface area contributed by atoms with Crippen molar-refractivity contribution >= 4 is 27.4 Å². The third-order valence-corrected chi connectivity index (χ3v) is 5.78. The van der Waals surface area contributed by atoms with E-state index in [9.17, 15) is 8.78 Å². The number of aryl methyl sites for hydroxylation is 1. The number of nitrogens with zero attached hydrogens (tertiary/aromatic N) is 2. The Morgan fingerprint density at radius 1 is 1.15 bits per heavy atom. The van der Waals surface area contributed by atoms with Gasteiger partial charge in [-0.3, -0.25) is 0 Å². The second-order valence-corrected chi connectivity index (χ2v) is 8.06. The van der Waals surface area contributed by atoms with Gasteiger partial charge in [-0.25, -0.2) is 18.7 Å². The van der Waals surface area contributed by atoms with E-state index in [1.165, 1.54) is 17.0 Å². The minimum atomic E-state index is -0.814. The minimum absolute atomic E-state index is 0.143. The van der Waals surface area contributed by atoms with E-state index in [2.05, 4.69) is 21.4 Å². The number of hydrogen-bond acceptors (Lipinski definition) is 4. The number of rotatable bonds is 4. The number of anilines is 1. The molecule has 0 radical (unpaired) electrons. The van der Waals surface area contributed by atoms with Crippen molar-refractivity contribution < 1.29 is 8.78 Å². The van der Waals surface area contributed by atoms with Crippen molar-refractivity contribution in [3.63, 3.8) is 0 Å². The molecular weight excluding hydrogens is 366 g/mol. The molecule has 1 aromatic carbocycles. The number of aromatic amines is 1. The Kier molecular flexibility index (Phi) is 3.72. The van der Waals surface area contributed by atoms with E-state index in [1.807, 2.05) is 25.3 Å². The van der Waals surface area contributed by atoms with Gasteiger partial charge < -0.3 is 10.3 Å². The lowest BCUT2D eigenvalue weighted by Gasteiger charge is -2.09. The first kappa shape index (κ1) is 16.4. The summed E-state index contributed by atoms with van der Waals surface area (Å²) in [5, 5.41) is 4.47. The van der Waals surface area contributed by atoms with Crippen LogP contribution in [0.1, 0.15) is 22.8 Å². The molecule has 0 bridgehead atoms. The SMILES string of the molecule is Cc1cc2c(N[C@H]3C[C@@H]3c3ccc(F)c(F)c3)nc(-c3ccc[nH]3)nc2s1. The molecule has 0 aliphatic heterocycles. The molecule has 4 nitrogen and oxygen atoms in total. The Bertz CT molecular complexity index is 1140. The highest BCUT2D eigenvalue weighted by atomic mass is 32.1. The van der Waals surface area contributed by atoms with Crippen LogP contribution < -0.4 is 5.32 Å². The molecule has 1 fully saturated rings. The summed E-state index contributed by atoms with van der Waals surface area (Å²) >= 11 is 1.63. The summed E-state index contributed by atoms with van der Waals surface area (Å²) in [6, 6.07) is 10.2. The highest BCUT2D eigenvalue weighted by Crippen LogP contribution is 2.44. The summed E-state index contributed by atoms with van der Waals surface area (Å²) in [4.78, 5) is 14.6. The number of halogens is 2. The van der Waals surface area contributed by atoms with Crippen molar-refractivity contribution in [2.45, 2.75) is 25.3 Å². The third kappa shape index (κ3) is 2.98. The van der Waals surface area contributed by atoms with Crippen LogP contribution in [0.5, 0.6) is 0 Å². The Morgan fingerprint density at radius 3 is 2.81 bits per heavy atom. The molecule has 0 spiro atoms. The molecule has 5 rings (SSSR count). The smallest absolute Gasteiger partial charge is 0.179 e. The Labute approximate surface area is 158 Å². The summed E-state index contributed by atoms with van der Waals surface area (Å²) in [5.41, 5.74) is 1.67. The maximum Gasteiger partial charge on any atom is 0.179 e. The largest absolute Gasteiger partial charge is 0.366 e. The van der Waals surface area contributed by atoms with Crippen LogP contribution in [0.2, 0.25) is 0 Å². The molecule has 3 aromatic heterocycles. The van der Waals surface area contributed by atoms with Crippen LogP contribution in [-0.4, -0.2) is 21.0 Å². The second-order valence-electron chi connectivity index (χ2n) is 6.82. The Morgan fingerprint density at radius 2 is 2.04 bits per heavy atom. The number of fused-ring (bicyclic) bond motifs is 1. The lowest BCUT2D eigenvalue weighted by Crippen LogP contribution is -2.07. The van der Waals surface area contributed by atoms with Gasteiger partial charge in [-0.05, 0) is 49.2 Å². The van der Waals surface area contributed by atoms with Gasteiger partial charge in [0.05, 0.1) is 11.1 Å². The van der Waals surface area contributed by atoms with E-state index in [4.69, 9.17) is 4.98 Å². The van der Waals surface area contributed by atoms with Crippen LogP contribution in [-0.2, 0) is 0 Å². The van der Waals surface area contributed by atoms with E-state index in [0.29, 0.717) is 5.82 Å². The molecule has 1 aliphatic rings. The molecule has 7 heteroatoms. The van der Waals surface area contributed by atoms with Gasteiger partial charge in [-0.2, -0.15) is 0 Å². The molecule has 1 aliphatic carbocycles. The van der Waals surface area contributed by atoms with Crippen LogP contribution >= 0.6 is 11.3 Å². The molecule has 136 valence electrons. The van der Waals surface area contributed by atoms with Crippen molar-refractivity contribution in [2.75, 3.05) is 5.32 Å². The standard InChI is InChI=1S/C20H16F2N4S/c1-10-7-13-18(25-19(26-20(13)27-10)16-3-2-6-23-16)24-17-9-12(17)11-4-5-14(21)15(22)8-11/h2-8,12,17,23H,9H2,1H3,(H,24,25,26)/t12-,17+/m1/s1. The zero-order valence-corrected chi connectivity index (χ0v) is 15.3. The van der Waals surface area contributed by atoms with Crippen molar-refractivity contribution in [3.8, 4) is 11.5 Å². The predicted molar refractivity (Wildman–Crippen MR) is 103 cm³/mol. The molecule has 27 heavy (non-hydrogen) atoms. The first-order chi connectivity index (χ1) is 13.1. The molecular formula is C20H16F2N4S. The summed E-state index contributed by atoms with van der Waals surface area (Å²) in [5.74, 6) is -0.0412. The van der Waals surface area contributed by atoms with Crippen LogP contribution in [0.15, 0.2) is 42.6 Å². The highest BCUT2D eigenvalue weighted by molar-refractivity contribution is 7.18. The van der Waals surface area contributed by atoms with Crippen LogP contribution in [0, 0.1) is 18.6 Å². The number of nitrogens with one attached hydrogen (secondary N) is 2. The molecule has 2 N–H and O–H groups in total. The number of aromatic nitrogens is 3. The monoisotopic (exact) mass is 382 g/mol. The number of benzene rings is 1. The lowest BCUT2D eigenvalue weighted by molar-refractivity contribution is 0.507. The number of thiophene rings is 1. The Balaban J connectivity index is 1.47. The lowest BCUT2D eigenvalue weighted by atomic mass is 10.1. The third-order valence-electron chi connectivity index (χ3n) is 4.84. The van der Waals surface area contributed by atoms with Crippen molar-refractivity contribution in [1.29, 1.82) is 0 Å². The minimum Gasteiger partial charge on any atom is -0.366 e. The van der Waals surface area contributed by atoms with Crippen LogP contribution in [0.4, 0.5) is 14.6 Å². The predicted octanol–water partition coefficient (Wildman–Crippen LogP) is 5.24. The average molecular weight is 382 g/mol. The summed E-state index contributed by atoms with van der Waals surface area (Å²) in [6.07, 6.45) is 2.70. The molecule has 1 saturated carbocycles. The van der Waals surface area contributed by atoms with Gasteiger partial charge in [0.25, 0.3) is 0 Å². The number of hydrogen-bond donors (Lipinski definition) is 2. The van der Waals surface area contributed by atoms with Gasteiger partial charge in [0.2, 0.25) is 0 Å². The Hall–Kier alpha value is -2.80. The summed E-state index contributed by atoms with van der Waals surface area (Å²) in [7, 11) is 0. The molecule has 2 atom stereocenters. The van der Waals surface area contributed by atoms with Gasteiger partial charge in [0.15, 0.2) is 17.5 Å². The fourth-order valence-electron chi connectivity index (χ4n) is 3.38. The van der Waals surface area contributed by atoms with Gasteiger partial charge in [-0.15, -0.1) is 11.3 Å². The first-order valence-electron chi connectivity index (χ1n) is 8.72. The zero-order valence-electron chi connectivity index (χ0n) is 14.5. The van der Waals surface area contributed by atoms with E-state index in [0.717, 1.165) is 33.7 Å². The van der Waals surface area contributed by atoms with Crippen molar-refractivity contribution in [3.05, 3.63) is 64.7 Å². The fourth-order valence-corrected chi connectivity index (χ4v) is 4.26. The van der Waals surface area contributed by atoms with Crippen molar-refractivity contribution in [1.82, 2.24) is 15.0 Å². The average Bonchev–Trinajstić information content (AvgIpc) is 3.05. The maximum absolute atomic E-state index is 13.5. The van der Waals surface area contributed by atoms with Crippen LogP contribution in [0.25, 0.3) is 21.7 Å². The van der Waals surface area contributed by atoms with E-state index in [1.54, 1.807) is 17.4 Å². The van der Waals surface area contributed by atoms with E-state index in [-0.39, 0.29) is 12.0 Å². The zero-order chi connectivity index (χ0) is 18.5. The molecule has 3 heterocycles. The molecule has 4 aromatic rings. The first-order valence-corrected chi connectivity index (χ1v) is 9.53. The van der Waals surface area contributed by atoms with Gasteiger partial charge in [0.1, 0.15) is 10.6 Å². The number of H-pyrrole nitrogens is 1.